The Balaban J connectivity index is 3.49. The Hall–Kier alpha value is -0.990. The van der Waals surface area contributed by atoms with Gasteiger partial charge in [0, 0.05) is 19.4 Å². The molecule has 0 aromatic rings. The van der Waals surface area contributed by atoms with Gasteiger partial charge in [0.25, 0.3) is 0 Å². The van der Waals surface area contributed by atoms with E-state index >= 15 is 0 Å². The molecule has 9 nitrogen and oxygen atoms in total. The molecule has 0 bridgehead atoms. The second kappa shape index (κ2) is 40.7. The van der Waals surface area contributed by atoms with E-state index in [-0.39, 0.29) is 25.7 Å². The summed E-state index contributed by atoms with van der Waals surface area (Å²) in [5, 5.41) is 12.7. The first kappa shape index (κ1) is 52.0. The Bertz CT molecular complexity index is 845. The Kier molecular flexibility index (Phi) is 39.9. The molecule has 316 valence electrons. The maximum Gasteiger partial charge on any atom is 0.472 e. The lowest BCUT2D eigenvalue weighted by Gasteiger charge is -2.15. The predicted molar refractivity (Wildman–Crippen MR) is 220 cm³/mol. The zero-order valence-corrected chi connectivity index (χ0v) is 35.6. The third kappa shape index (κ3) is 42.0. The third-order valence-electron chi connectivity index (χ3n) is 10.0. The number of amides is 1. The van der Waals surface area contributed by atoms with Crippen LogP contribution in [0.4, 0.5) is 0 Å². The van der Waals surface area contributed by atoms with E-state index in [1.54, 1.807) is 0 Å². The van der Waals surface area contributed by atoms with E-state index in [0.717, 1.165) is 38.5 Å². The minimum absolute atomic E-state index is 0.0872. The zero-order chi connectivity index (χ0) is 38.9. The van der Waals surface area contributed by atoms with Gasteiger partial charge in [0.2, 0.25) is 5.91 Å². The van der Waals surface area contributed by atoms with Gasteiger partial charge in [-0.25, -0.2) is 4.57 Å². The van der Waals surface area contributed by atoms with Crippen LogP contribution in [-0.2, 0) is 27.9 Å². The lowest BCUT2D eigenvalue weighted by Crippen LogP contribution is -2.27. The van der Waals surface area contributed by atoms with Gasteiger partial charge in [-0.1, -0.05) is 206 Å². The number of carbonyl (C=O) groups is 2. The van der Waals surface area contributed by atoms with Gasteiger partial charge < -0.3 is 20.1 Å². The number of hydrogen-bond donors (Lipinski definition) is 3. The highest BCUT2D eigenvalue weighted by molar-refractivity contribution is 7.47. The monoisotopic (exact) mass is 776 g/mol. The Labute approximate surface area is 326 Å². The molecule has 1 amide bonds. The van der Waals surface area contributed by atoms with Crippen LogP contribution >= 0.6 is 7.82 Å². The fraction of sp³-hybridized carbons (Fsp3) is 0.953. The molecule has 0 aliphatic heterocycles. The van der Waals surface area contributed by atoms with Crippen molar-refractivity contribution in [3.63, 3.8) is 0 Å². The van der Waals surface area contributed by atoms with Crippen molar-refractivity contribution in [3.8, 4) is 0 Å². The van der Waals surface area contributed by atoms with Crippen molar-refractivity contribution >= 4 is 19.7 Å². The number of phosphoric ester groups is 1. The summed E-state index contributed by atoms with van der Waals surface area (Å²) in [5.74, 6) is -0.507. The van der Waals surface area contributed by atoms with Crippen LogP contribution in [0.25, 0.3) is 0 Å². The van der Waals surface area contributed by atoms with E-state index in [1.807, 2.05) is 0 Å². The number of ether oxygens (including phenoxy) is 1. The van der Waals surface area contributed by atoms with Crippen LogP contribution < -0.4 is 5.32 Å². The summed E-state index contributed by atoms with van der Waals surface area (Å²) in [5.41, 5.74) is 0. The van der Waals surface area contributed by atoms with E-state index in [2.05, 4.69) is 19.2 Å². The van der Waals surface area contributed by atoms with Crippen LogP contribution in [0.1, 0.15) is 232 Å². The summed E-state index contributed by atoms with van der Waals surface area (Å²) in [6.07, 6.45) is 40.5. The van der Waals surface area contributed by atoms with E-state index in [0.29, 0.717) is 12.8 Å². The first-order valence-corrected chi connectivity index (χ1v) is 24.0. The highest BCUT2D eigenvalue weighted by Gasteiger charge is 2.23. The fourth-order valence-electron chi connectivity index (χ4n) is 6.62. The highest BCUT2D eigenvalue weighted by Crippen LogP contribution is 2.42. The van der Waals surface area contributed by atoms with Gasteiger partial charge in [0.05, 0.1) is 13.2 Å². The number of unbranched alkanes of at least 4 members (excludes halogenated alkanes) is 30. The number of aliphatic hydroxyl groups excluding tert-OH is 1. The molecule has 0 aliphatic carbocycles. The molecule has 0 aromatic carbocycles. The lowest BCUT2D eigenvalue weighted by atomic mass is 10.0. The lowest BCUT2D eigenvalue weighted by molar-refractivity contribution is -0.147. The van der Waals surface area contributed by atoms with Crippen molar-refractivity contribution in [2.45, 2.75) is 238 Å². The predicted octanol–water partition coefficient (Wildman–Crippen LogP) is 12.4. The fourth-order valence-corrected chi connectivity index (χ4v) is 7.37. The summed E-state index contributed by atoms with van der Waals surface area (Å²) in [7, 11) is -4.40. The van der Waals surface area contributed by atoms with E-state index < -0.39 is 26.5 Å². The summed E-state index contributed by atoms with van der Waals surface area (Å²) < 4.78 is 26.8. The van der Waals surface area contributed by atoms with Crippen LogP contribution in [0.5, 0.6) is 0 Å². The summed E-state index contributed by atoms with van der Waals surface area (Å²) in [6.45, 7) is 3.57. The Morgan fingerprint density at radius 3 is 1.23 bits per heavy atom. The van der Waals surface area contributed by atoms with Crippen LogP contribution in [0.15, 0.2) is 0 Å². The molecular weight excluding hydrogens is 689 g/mol. The maximum atomic E-state index is 12.1. The Morgan fingerprint density at radius 1 is 0.509 bits per heavy atom. The van der Waals surface area contributed by atoms with Crippen LogP contribution in [0.2, 0.25) is 0 Å². The number of aliphatic hydroxyl groups is 1. The van der Waals surface area contributed by atoms with Gasteiger partial charge in [-0.3, -0.25) is 18.6 Å². The maximum absolute atomic E-state index is 12.1. The molecule has 0 saturated heterocycles. The number of phosphoric acid groups is 1. The molecule has 2 atom stereocenters. The molecule has 10 heteroatoms. The second-order valence-electron chi connectivity index (χ2n) is 15.4. The molecule has 0 heterocycles. The van der Waals surface area contributed by atoms with Crippen LogP contribution in [-0.4, -0.2) is 54.3 Å². The molecule has 2 unspecified atom stereocenters. The van der Waals surface area contributed by atoms with E-state index in [9.17, 15) is 24.2 Å². The van der Waals surface area contributed by atoms with Gasteiger partial charge in [-0.05, 0) is 12.8 Å². The van der Waals surface area contributed by atoms with Crippen LogP contribution in [0, 0.1) is 0 Å². The van der Waals surface area contributed by atoms with Crippen molar-refractivity contribution in [1.29, 1.82) is 0 Å². The highest BCUT2D eigenvalue weighted by atomic mass is 31.2. The minimum Gasteiger partial charge on any atom is -0.463 e. The largest absolute Gasteiger partial charge is 0.472 e. The first-order chi connectivity index (χ1) is 25.8. The molecule has 0 spiro atoms. The summed E-state index contributed by atoms with van der Waals surface area (Å²) >= 11 is 0. The van der Waals surface area contributed by atoms with E-state index in [4.69, 9.17) is 13.8 Å². The third-order valence-corrected chi connectivity index (χ3v) is 11.0. The van der Waals surface area contributed by atoms with Crippen molar-refractivity contribution in [2.24, 2.45) is 0 Å². The number of carbonyl (C=O) groups excluding carboxylic acids is 2. The second-order valence-corrected chi connectivity index (χ2v) is 16.8. The molecule has 0 aliphatic rings. The molecule has 0 radical (unpaired) electrons. The molecule has 0 saturated carbocycles. The molecule has 0 aromatic heterocycles. The zero-order valence-electron chi connectivity index (χ0n) is 34.7. The number of esters is 1. The van der Waals surface area contributed by atoms with Crippen molar-refractivity contribution in [3.05, 3.63) is 0 Å². The van der Waals surface area contributed by atoms with Gasteiger partial charge >= 0.3 is 13.8 Å². The van der Waals surface area contributed by atoms with Crippen molar-refractivity contribution in [2.75, 3.05) is 26.4 Å². The molecule has 0 rings (SSSR count). The molecule has 3 N–H and O–H groups in total. The van der Waals surface area contributed by atoms with Crippen molar-refractivity contribution in [1.82, 2.24) is 5.32 Å². The normalized spacial score (nSPS) is 13.2. The topological polar surface area (TPSA) is 131 Å². The first-order valence-electron chi connectivity index (χ1n) is 22.5. The molecule has 53 heavy (non-hydrogen) atoms. The van der Waals surface area contributed by atoms with E-state index in [1.165, 1.54) is 167 Å². The minimum atomic E-state index is -4.40. The Morgan fingerprint density at radius 2 is 0.849 bits per heavy atom. The van der Waals surface area contributed by atoms with Gasteiger partial charge in [-0.2, -0.15) is 0 Å². The van der Waals surface area contributed by atoms with Gasteiger partial charge in [-0.15, -0.1) is 0 Å². The van der Waals surface area contributed by atoms with Gasteiger partial charge in [0.1, 0.15) is 12.7 Å². The van der Waals surface area contributed by atoms with Gasteiger partial charge in [0.15, 0.2) is 0 Å². The smallest absolute Gasteiger partial charge is 0.463 e. The van der Waals surface area contributed by atoms with Crippen LogP contribution in [0.3, 0.4) is 0 Å². The quantitative estimate of drug-likeness (QED) is 0.0317. The average molecular weight is 776 g/mol. The number of hydrogen-bond acceptors (Lipinski definition) is 7. The average Bonchev–Trinajstić information content (AvgIpc) is 3.14. The standard InChI is InChI=1S/C43H86NO8P/c1-3-5-7-9-11-13-14-15-16-17-18-19-20-21-22-23-24-25-26-28-30-32-34-36-43(47)50-39-41(45)40-52-53(48,49)51-38-37-44-42(46)35-33-31-29-27-12-10-8-6-4-2/h41,45H,3-40H2,1-2H3,(H,44,46)(H,48,49). The summed E-state index contributed by atoms with van der Waals surface area (Å²) in [4.78, 5) is 33.8. The van der Waals surface area contributed by atoms with Crippen molar-refractivity contribution < 1.29 is 37.9 Å². The number of rotatable bonds is 43. The number of nitrogens with one attached hydrogen (secondary N) is 1. The molecule has 0 fully saturated rings. The SMILES string of the molecule is CCCCCCCCCCCCCCCCCCCCCCCCCC(=O)OCC(O)COP(=O)(O)OCCNC(=O)CCCCCCCCCCC. The summed E-state index contributed by atoms with van der Waals surface area (Å²) in [6, 6.07) is 0. The molecular formula is C43H86NO8P.